The fourth-order valence-corrected chi connectivity index (χ4v) is 4.10. The number of aryl methyl sites for hydroxylation is 4. The summed E-state index contributed by atoms with van der Waals surface area (Å²) < 4.78 is 8.05. The summed E-state index contributed by atoms with van der Waals surface area (Å²) in [7, 11) is 1.95. The van der Waals surface area contributed by atoms with Gasteiger partial charge in [-0.1, -0.05) is 0 Å². The Morgan fingerprint density at radius 2 is 2.04 bits per heavy atom. The second kappa shape index (κ2) is 6.46. The summed E-state index contributed by atoms with van der Waals surface area (Å²) in [5, 5.41) is 7.81. The minimum Gasteiger partial charge on any atom is -0.477 e. The summed E-state index contributed by atoms with van der Waals surface area (Å²) in [5.41, 5.74) is 5.23. The molecule has 1 fully saturated rings. The molecule has 0 unspecified atom stereocenters. The van der Waals surface area contributed by atoms with Crippen LogP contribution in [0.3, 0.4) is 0 Å². The maximum Gasteiger partial charge on any atom is 0.224 e. The van der Waals surface area contributed by atoms with Crippen molar-refractivity contribution in [3.63, 3.8) is 0 Å². The minimum absolute atomic E-state index is 0.510. The first-order valence-electron chi connectivity index (χ1n) is 8.83. The smallest absolute Gasteiger partial charge is 0.224 e. The van der Waals surface area contributed by atoms with Gasteiger partial charge in [-0.3, -0.25) is 4.68 Å². The lowest BCUT2D eigenvalue weighted by atomic mass is 10.1. The summed E-state index contributed by atoms with van der Waals surface area (Å²) in [4.78, 5) is 13.5. The highest BCUT2D eigenvalue weighted by molar-refractivity contribution is 7.09. The summed E-state index contributed by atoms with van der Waals surface area (Å²) in [6.45, 7) is 8.66. The molecule has 3 aromatic heterocycles. The van der Waals surface area contributed by atoms with Gasteiger partial charge in [-0.25, -0.2) is 9.97 Å². The topological polar surface area (TPSA) is 65.7 Å². The quantitative estimate of drug-likeness (QED) is 0.685. The zero-order valence-corrected chi connectivity index (χ0v) is 16.6. The molecule has 0 aromatic carbocycles. The van der Waals surface area contributed by atoms with Crippen molar-refractivity contribution in [3.8, 4) is 17.0 Å². The first-order valence-corrected chi connectivity index (χ1v) is 9.71. The van der Waals surface area contributed by atoms with Gasteiger partial charge in [0.05, 0.1) is 28.6 Å². The van der Waals surface area contributed by atoms with E-state index in [0.717, 1.165) is 33.9 Å². The van der Waals surface area contributed by atoms with Crippen LogP contribution >= 0.6 is 11.3 Å². The van der Waals surface area contributed by atoms with Crippen LogP contribution in [0.15, 0.2) is 11.6 Å². The average Bonchev–Trinajstić information content (AvgIpc) is 3.17. The van der Waals surface area contributed by atoms with Crippen LogP contribution in [0.5, 0.6) is 5.88 Å². The van der Waals surface area contributed by atoms with Gasteiger partial charge in [0.15, 0.2) is 0 Å². The zero-order chi connectivity index (χ0) is 18.4. The lowest BCUT2D eigenvalue weighted by Gasteiger charge is -2.11. The number of aromatic nitrogens is 5. The second-order valence-corrected chi connectivity index (χ2v) is 8.07. The van der Waals surface area contributed by atoms with Crippen molar-refractivity contribution < 1.29 is 4.74 Å². The van der Waals surface area contributed by atoms with Crippen LogP contribution in [-0.4, -0.2) is 31.3 Å². The molecule has 6 nitrogen and oxygen atoms in total. The van der Waals surface area contributed by atoms with Crippen LogP contribution in [0.25, 0.3) is 11.1 Å². The predicted octanol–water partition coefficient (Wildman–Crippen LogP) is 3.75. The lowest BCUT2D eigenvalue weighted by Crippen LogP contribution is -2.06. The van der Waals surface area contributed by atoms with Gasteiger partial charge in [0.25, 0.3) is 0 Å². The molecule has 0 spiro atoms. The van der Waals surface area contributed by atoms with Crippen LogP contribution in [0.4, 0.5) is 0 Å². The Kier molecular flexibility index (Phi) is 4.26. The van der Waals surface area contributed by atoms with Crippen molar-refractivity contribution in [2.45, 2.75) is 40.0 Å². The highest BCUT2D eigenvalue weighted by Gasteiger charge is 2.40. The van der Waals surface area contributed by atoms with Crippen LogP contribution in [0.2, 0.25) is 0 Å². The molecule has 1 aliphatic carbocycles. The Hall–Kier alpha value is -2.28. The van der Waals surface area contributed by atoms with E-state index in [1.165, 1.54) is 5.69 Å². The van der Waals surface area contributed by atoms with E-state index in [1.54, 1.807) is 11.3 Å². The summed E-state index contributed by atoms with van der Waals surface area (Å²) in [5.74, 6) is 2.39. The van der Waals surface area contributed by atoms with Crippen molar-refractivity contribution in [1.82, 2.24) is 24.7 Å². The van der Waals surface area contributed by atoms with E-state index in [4.69, 9.17) is 4.74 Å². The SMILES string of the molecule is Cc1ncc(-c2c(C)nn(C)c2C)c(OC[C@H]2C[C@@H]2c2csc(C)n2)n1. The van der Waals surface area contributed by atoms with Crippen LogP contribution in [0, 0.1) is 33.6 Å². The van der Waals surface area contributed by atoms with E-state index in [9.17, 15) is 0 Å². The number of hydrogen-bond donors (Lipinski definition) is 0. The highest BCUT2D eigenvalue weighted by Crippen LogP contribution is 2.47. The van der Waals surface area contributed by atoms with E-state index in [2.05, 4.69) is 39.3 Å². The molecule has 0 N–H and O–H groups in total. The number of thiazole rings is 1. The average molecular weight is 369 g/mol. The van der Waals surface area contributed by atoms with Gasteiger partial charge in [-0.15, -0.1) is 11.3 Å². The van der Waals surface area contributed by atoms with Gasteiger partial charge in [0.1, 0.15) is 5.82 Å². The van der Waals surface area contributed by atoms with Crippen LogP contribution < -0.4 is 4.74 Å². The molecule has 0 radical (unpaired) electrons. The molecule has 0 bridgehead atoms. The first-order chi connectivity index (χ1) is 12.4. The molecule has 0 amide bonds. The molecule has 0 aliphatic heterocycles. The number of ether oxygens (including phenoxy) is 1. The van der Waals surface area contributed by atoms with Crippen LogP contribution in [-0.2, 0) is 7.05 Å². The molecule has 3 heterocycles. The van der Waals surface area contributed by atoms with Gasteiger partial charge in [-0.2, -0.15) is 10.1 Å². The van der Waals surface area contributed by atoms with Crippen molar-refractivity contribution >= 4 is 11.3 Å². The van der Waals surface area contributed by atoms with Gasteiger partial charge < -0.3 is 4.74 Å². The Bertz CT molecular complexity index is 961. The molecule has 26 heavy (non-hydrogen) atoms. The third-order valence-corrected chi connectivity index (χ3v) is 5.82. The molecule has 1 saturated carbocycles. The fourth-order valence-electron chi connectivity index (χ4n) is 3.42. The Balaban J connectivity index is 1.55. The second-order valence-electron chi connectivity index (χ2n) is 7.01. The van der Waals surface area contributed by atoms with Gasteiger partial charge in [-0.05, 0) is 34.1 Å². The molecule has 1 aliphatic rings. The summed E-state index contributed by atoms with van der Waals surface area (Å²) in [6, 6.07) is 0. The van der Waals surface area contributed by atoms with Crippen molar-refractivity contribution in [2.24, 2.45) is 13.0 Å². The molecule has 3 aromatic rings. The monoisotopic (exact) mass is 369 g/mol. The van der Waals surface area contributed by atoms with E-state index in [-0.39, 0.29) is 0 Å². The number of hydrogen-bond acceptors (Lipinski definition) is 6. The van der Waals surface area contributed by atoms with E-state index >= 15 is 0 Å². The molecular formula is C19H23N5OS. The molecular weight excluding hydrogens is 346 g/mol. The largest absolute Gasteiger partial charge is 0.477 e. The van der Waals surface area contributed by atoms with Gasteiger partial charge in [0.2, 0.25) is 5.88 Å². The zero-order valence-electron chi connectivity index (χ0n) is 15.8. The molecule has 7 heteroatoms. The minimum atomic E-state index is 0.510. The Labute approximate surface area is 157 Å². The Morgan fingerprint density at radius 1 is 1.23 bits per heavy atom. The summed E-state index contributed by atoms with van der Waals surface area (Å²) in [6.07, 6.45) is 2.98. The van der Waals surface area contributed by atoms with Gasteiger partial charge in [0, 0.05) is 41.7 Å². The van der Waals surface area contributed by atoms with Gasteiger partial charge >= 0.3 is 0 Å². The third-order valence-electron chi connectivity index (χ3n) is 5.03. The van der Waals surface area contributed by atoms with Crippen LogP contribution in [0.1, 0.15) is 40.3 Å². The standard InChI is InChI=1S/C19H23N5OS/c1-10-18(11(2)24(5)23-10)16-7-20-12(3)21-19(16)25-8-14-6-15(14)17-9-26-13(4)22-17/h7,9,14-15H,6,8H2,1-5H3/t14-,15+/m1/s1. The molecule has 136 valence electrons. The van der Waals surface area contributed by atoms with E-state index in [1.807, 2.05) is 31.8 Å². The number of nitrogens with zero attached hydrogens (tertiary/aromatic N) is 5. The lowest BCUT2D eigenvalue weighted by molar-refractivity contribution is 0.285. The third kappa shape index (κ3) is 3.11. The van der Waals surface area contributed by atoms with E-state index < -0.39 is 0 Å². The van der Waals surface area contributed by atoms with E-state index in [0.29, 0.717) is 30.1 Å². The van der Waals surface area contributed by atoms with Crippen molar-refractivity contribution in [3.05, 3.63) is 39.5 Å². The molecule has 0 saturated heterocycles. The normalized spacial score (nSPS) is 19.0. The van der Waals surface area contributed by atoms with Crippen molar-refractivity contribution in [2.75, 3.05) is 6.61 Å². The summed E-state index contributed by atoms with van der Waals surface area (Å²) >= 11 is 1.71. The predicted molar refractivity (Wildman–Crippen MR) is 102 cm³/mol. The van der Waals surface area contributed by atoms with Crippen molar-refractivity contribution in [1.29, 1.82) is 0 Å². The molecule has 4 rings (SSSR count). The maximum absolute atomic E-state index is 6.16. The maximum atomic E-state index is 6.16. The first kappa shape index (κ1) is 17.1. The number of rotatable bonds is 5. The highest BCUT2D eigenvalue weighted by atomic mass is 32.1. The fraction of sp³-hybridized carbons (Fsp3) is 0.474. The Morgan fingerprint density at radius 3 is 2.69 bits per heavy atom. The molecule has 2 atom stereocenters.